The zero-order valence-corrected chi connectivity index (χ0v) is 8.72. The van der Waals surface area contributed by atoms with E-state index >= 15 is 0 Å². The van der Waals surface area contributed by atoms with Crippen LogP contribution in [0.1, 0.15) is 33.6 Å². The van der Waals surface area contributed by atoms with E-state index in [1.165, 1.54) is 0 Å². The first-order chi connectivity index (χ1) is 5.52. The second-order valence-electron chi connectivity index (χ2n) is 4.00. The maximum atomic E-state index is 8.75. The van der Waals surface area contributed by atoms with Gasteiger partial charge in [-0.15, -0.1) is 0 Å². The topological polar surface area (TPSA) is 27.0 Å². The lowest BCUT2D eigenvalue weighted by molar-refractivity contribution is 0.317. The Hall–Kier alpha value is -0.550. The lowest BCUT2D eigenvalue weighted by Crippen LogP contribution is -2.20. The predicted octanol–water partition coefficient (Wildman–Crippen LogP) is 2.27. The first-order valence-corrected chi connectivity index (χ1v) is 4.61. The minimum absolute atomic E-state index is 0.144. The normalized spacial score (nSPS) is 11.7. The Kier molecular flexibility index (Phi) is 4.92. The van der Waals surface area contributed by atoms with E-state index in [0.717, 1.165) is 25.9 Å². The standard InChI is InChI=1S/C10H20N2/c1-5-12(4)8-6-7-10(2,3)9-11/h5-8H2,1-4H3. The molecule has 0 saturated heterocycles. The van der Waals surface area contributed by atoms with E-state index in [-0.39, 0.29) is 5.41 Å². The summed E-state index contributed by atoms with van der Waals surface area (Å²) in [6, 6.07) is 2.31. The van der Waals surface area contributed by atoms with Crippen molar-refractivity contribution in [3.8, 4) is 6.07 Å². The lowest BCUT2D eigenvalue weighted by Gasteiger charge is -2.18. The van der Waals surface area contributed by atoms with Crippen molar-refractivity contribution in [2.45, 2.75) is 33.6 Å². The van der Waals surface area contributed by atoms with Crippen LogP contribution in [-0.2, 0) is 0 Å². The molecule has 0 radical (unpaired) electrons. The molecule has 0 amide bonds. The second kappa shape index (κ2) is 5.16. The maximum absolute atomic E-state index is 8.75. The summed E-state index contributed by atoms with van der Waals surface area (Å²) < 4.78 is 0. The van der Waals surface area contributed by atoms with Gasteiger partial charge in [0, 0.05) is 0 Å². The Balaban J connectivity index is 3.51. The molecule has 0 heterocycles. The van der Waals surface area contributed by atoms with Crippen LogP contribution >= 0.6 is 0 Å². The molecule has 0 unspecified atom stereocenters. The van der Waals surface area contributed by atoms with Gasteiger partial charge in [0.1, 0.15) is 0 Å². The molecule has 0 aliphatic rings. The smallest absolute Gasteiger partial charge is 0.0683 e. The van der Waals surface area contributed by atoms with Crippen LogP contribution in [0.4, 0.5) is 0 Å². The molecule has 0 atom stereocenters. The molecule has 0 aliphatic heterocycles. The third-order valence-electron chi connectivity index (χ3n) is 2.18. The molecular weight excluding hydrogens is 148 g/mol. The van der Waals surface area contributed by atoms with Gasteiger partial charge >= 0.3 is 0 Å². The predicted molar refractivity (Wildman–Crippen MR) is 51.8 cm³/mol. The Bertz CT molecular complexity index is 156. The Morgan fingerprint density at radius 1 is 1.42 bits per heavy atom. The van der Waals surface area contributed by atoms with Crippen LogP contribution in [0.15, 0.2) is 0 Å². The molecular formula is C10H20N2. The van der Waals surface area contributed by atoms with Crippen LogP contribution in [0.3, 0.4) is 0 Å². The molecule has 0 spiro atoms. The summed E-state index contributed by atoms with van der Waals surface area (Å²) in [7, 11) is 2.11. The summed E-state index contributed by atoms with van der Waals surface area (Å²) in [6.07, 6.45) is 2.11. The van der Waals surface area contributed by atoms with Crippen LogP contribution < -0.4 is 0 Å². The minimum atomic E-state index is -0.144. The molecule has 0 fully saturated rings. The van der Waals surface area contributed by atoms with Gasteiger partial charge in [-0.05, 0) is 46.8 Å². The van der Waals surface area contributed by atoms with Crippen LogP contribution in [-0.4, -0.2) is 25.0 Å². The van der Waals surface area contributed by atoms with Crippen LogP contribution in [0.25, 0.3) is 0 Å². The highest BCUT2D eigenvalue weighted by Gasteiger charge is 2.15. The fourth-order valence-electron chi connectivity index (χ4n) is 1.00. The molecule has 0 rings (SSSR count). The summed E-state index contributed by atoms with van der Waals surface area (Å²) in [5.41, 5.74) is -0.144. The molecule has 0 aromatic heterocycles. The Morgan fingerprint density at radius 3 is 2.42 bits per heavy atom. The summed E-state index contributed by atoms with van der Waals surface area (Å²) >= 11 is 0. The quantitative estimate of drug-likeness (QED) is 0.629. The van der Waals surface area contributed by atoms with Crippen molar-refractivity contribution in [2.24, 2.45) is 5.41 Å². The molecule has 0 saturated carbocycles. The van der Waals surface area contributed by atoms with Crippen molar-refractivity contribution in [3.05, 3.63) is 0 Å². The Labute approximate surface area is 76.2 Å². The summed E-state index contributed by atoms with van der Waals surface area (Å²) in [4.78, 5) is 2.27. The summed E-state index contributed by atoms with van der Waals surface area (Å²) in [5, 5.41) is 8.75. The van der Waals surface area contributed by atoms with Gasteiger partial charge in [-0.1, -0.05) is 6.92 Å². The molecule has 0 aromatic carbocycles. The number of hydrogen-bond acceptors (Lipinski definition) is 2. The SMILES string of the molecule is CCN(C)CCCC(C)(C)C#N. The average molecular weight is 168 g/mol. The molecule has 0 aromatic rings. The Morgan fingerprint density at radius 2 is 2.00 bits per heavy atom. The molecule has 0 bridgehead atoms. The first kappa shape index (κ1) is 11.4. The fraction of sp³-hybridized carbons (Fsp3) is 0.900. The lowest BCUT2D eigenvalue weighted by atomic mass is 9.90. The second-order valence-corrected chi connectivity index (χ2v) is 4.00. The third kappa shape index (κ3) is 5.15. The highest BCUT2D eigenvalue weighted by molar-refractivity contribution is 4.91. The van der Waals surface area contributed by atoms with Crippen LogP contribution in [0.5, 0.6) is 0 Å². The fourth-order valence-corrected chi connectivity index (χ4v) is 1.00. The highest BCUT2D eigenvalue weighted by Crippen LogP contribution is 2.20. The zero-order chi connectivity index (χ0) is 9.61. The molecule has 0 aliphatic carbocycles. The summed E-state index contributed by atoms with van der Waals surface area (Å²) in [5.74, 6) is 0. The van der Waals surface area contributed by atoms with Crippen molar-refractivity contribution in [1.29, 1.82) is 5.26 Å². The van der Waals surface area contributed by atoms with Gasteiger partial charge in [-0.25, -0.2) is 0 Å². The van der Waals surface area contributed by atoms with Crippen LogP contribution in [0.2, 0.25) is 0 Å². The van der Waals surface area contributed by atoms with E-state index < -0.39 is 0 Å². The molecule has 70 valence electrons. The van der Waals surface area contributed by atoms with Gasteiger partial charge < -0.3 is 4.90 Å². The highest BCUT2D eigenvalue weighted by atomic mass is 15.1. The van der Waals surface area contributed by atoms with Gasteiger partial charge in [-0.2, -0.15) is 5.26 Å². The number of nitriles is 1. The first-order valence-electron chi connectivity index (χ1n) is 4.61. The average Bonchev–Trinajstić information content (AvgIpc) is 2.04. The number of nitrogens with zero attached hydrogens (tertiary/aromatic N) is 2. The van der Waals surface area contributed by atoms with Gasteiger partial charge in [0.2, 0.25) is 0 Å². The molecule has 2 nitrogen and oxygen atoms in total. The third-order valence-corrected chi connectivity index (χ3v) is 2.18. The van der Waals surface area contributed by atoms with Gasteiger partial charge in [0.15, 0.2) is 0 Å². The van der Waals surface area contributed by atoms with E-state index in [9.17, 15) is 0 Å². The molecule has 12 heavy (non-hydrogen) atoms. The van der Waals surface area contributed by atoms with E-state index in [1.807, 2.05) is 13.8 Å². The van der Waals surface area contributed by atoms with Crippen molar-refractivity contribution in [2.75, 3.05) is 20.1 Å². The van der Waals surface area contributed by atoms with Crippen molar-refractivity contribution in [1.82, 2.24) is 4.90 Å². The van der Waals surface area contributed by atoms with Crippen molar-refractivity contribution >= 4 is 0 Å². The zero-order valence-electron chi connectivity index (χ0n) is 8.72. The van der Waals surface area contributed by atoms with Crippen molar-refractivity contribution < 1.29 is 0 Å². The molecule has 2 heteroatoms. The van der Waals surface area contributed by atoms with E-state index in [2.05, 4.69) is 24.9 Å². The van der Waals surface area contributed by atoms with Gasteiger partial charge in [0.25, 0.3) is 0 Å². The van der Waals surface area contributed by atoms with E-state index in [1.54, 1.807) is 0 Å². The molecule has 0 N–H and O–H groups in total. The number of hydrogen-bond donors (Lipinski definition) is 0. The van der Waals surface area contributed by atoms with Crippen LogP contribution in [0, 0.1) is 16.7 Å². The van der Waals surface area contributed by atoms with Crippen molar-refractivity contribution in [3.63, 3.8) is 0 Å². The number of rotatable bonds is 5. The summed E-state index contributed by atoms with van der Waals surface area (Å²) in [6.45, 7) is 8.34. The monoisotopic (exact) mass is 168 g/mol. The maximum Gasteiger partial charge on any atom is 0.0683 e. The van der Waals surface area contributed by atoms with Gasteiger partial charge in [-0.3, -0.25) is 0 Å². The minimum Gasteiger partial charge on any atom is -0.307 e. The van der Waals surface area contributed by atoms with E-state index in [4.69, 9.17) is 5.26 Å². The largest absolute Gasteiger partial charge is 0.307 e. The van der Waals surface area contributed by atoms with Gasteiger partial charge in [0.05, 0.1) is 11.5 Å². The van der Waals surface area contributed by atoms with E-state index in [0.29, 0.717) is 0 Å².